The summed E-state index contributed by atoms with van der Waals surface area (Å²) in [5.74, 6) is -0.233. The van der Waals surface area contributed by atoms with Gasteiger partial charge in [-0.1, -0.05) is 6.07 Å². The molecule has 0 heterocycles. The maximum Gasteiger partial charge on any atom is 0.310 e. The van der Waals surface area contributed by atoms with Crippen LogP contribution in [0.3, 0.4) is 0 Å². The van der Waals surface area contributed by atoms with Crippen LogP contribution >= 0.6 is 11.6 Å². The highest BCUT2D eigenvalue weighted by Gasteiger charge is 2.09. The predicted molar refractivity (Wildman–Crippen MR) is 58.3 cm³/mol. The number of rotatable bonds is 5. The first kappa shape index (κ1) is 12.8. The highest BCUT2D eigenvalue weighted by Crippen LogP contribution is 2.17. The maximum atomic E-state index is 13.5. The highest BCUT2D eigenvalue weighted by molar-refractivity contribution is 6.18. The molecule has 0 bridgehead atoms. The van der Waals surface area contributed by atoms with E-state index in [4.69, 9.17) is 16.3 Å². The highest BCUT2D eigenvalue weighted by atomic mass is 35.5. The van der Waals surface area contributed by atoms with Crippen LogP contribution in [0.1, 0.15) is 5.56 Å². The summed E-state index contributed by atoms with van der Waals surface area (Å²) in [6.45, 7) is 0.317. The fraction of sp³-hybridized carbons (Fsp3) is 0.364. The Kier molecular flexibility index (Phi) is 5.05. The third kappa shape index (κ3) is 3.70. The lowest BCUT2D eigenvalue weighted by molar-refractivity contribution is -0.139. The van der Waals surface area contributed by atoms with Crippen LogP contribution in [0.4, 0.5) is 4.39 Å². The standard InChI is InChI=1S/C11H12ClFO3/c1-15-11(14)6-8-2-3-9(7-10(8)13)16-5-4-12/h2-3,7H,4-6H2,1H3. The molecule has 1 aromatic carbocycles. The molecule has 1 rings (SSSR count). The van der Waals surface area contributed by atoms with Gasteiger partial charge < -0.3 is 9.47 Å². The minimum atomic E-state index is -0.488. The van der Waals surface area contributed by atoms with Crippen LogP contribution in [0.25, 0.3) is 0 Å². The van der Waals surface area contributed by atoms with Gasteiger partial charge >= 0.3 is 5.97 Å². The zero-order chi connectivity index (χ0) is 12.0. The Bertz CT molecular complexity index is 368. The number of benzene rings is 1. The normalized spacial score (nSPS) is 9.94. The van der Waals surface area contributed by atoms with E-state index in [1.807, 2.05) is 0 Å². The van der Waals surface area contributed by atoms with Crippen molar-refractivity contribution in [3.8, 4) is 5.75 Å². The molecule has 0 radical (unpaired) electrons. The van der Waals surface area contributed by atoms with E-state index >= 15 is 0 Å². The number of hydrogen-bond acceptors (Lipinski definition) is 3. The Morgan fingerprint density at radius 2 is 2.25 bits per heavy atom. The van der Waals surface area contributed by atoms with Gasteiger partial charge in [-0.3, -0.25) is 4.79 Å². The largest absolute Gasteiger partial charge is 0.492 e. The zero-order valence-corrected chi connectivity index (χ0v) is 9.59. The van der Waals surface area contributed by atoms with Gasteiger partial charge in [0.15, 0.2) is 0 Å². The van der Waals surface area contributed by atoms with Gasteiger partial charge in [-0.2, -0.15) is 0 Å². The fourth-order valence-electron chi connectivity index (χ4n) is 1.15. The van der Waals surface area contributed by atoms with Crippen molar-refractivity contribution in [3.63, 3.8) is 0 Å². The maximum absolute atomic E-state index is 13.5. The summed E-state index contributed by atoms with van der Waals surface area (Å²) < 4.78 is 23.0. The van der Waals surface area contributed by atoms with Crippen molar-refractivity contribution in [3.05, 3.63) is 29.6 Å². The van der Waals surface area contributed by atoms with E-state index in [1.165, 1.54) is 19.2 Å². The van der Waals surface area contributed by atoms with Crippen molar-refractivity contribution in [2.45, 2.75) is 6.42 Å². The summed E-state index contributed by atoms with van der Waals surface area (Å²) in [4.78, 5) is 11.0. The number of halogens is 2. The zero-order valence-electron chi connectivity index (χ0n) is 8.83. The monoisotopic (exact) mass is 246 g/mol. The number of alkyl halides is 1. The summed E-state index contributed by atoms with van der Waals surface area (Å²) >= 11 is 5.43. The molecule has 0 amide bonds. The van der Waals surface area contributed by atoms with E-state index in [9.17, 15) is 9.18 Å². The number of ether oxygens (including phenoxy) is 2. The quantitative estimate of drug-likeness (QED) is 0.590. The number of hydrogen-bond donors (Lipinski definition) is 0. The molecule has 0 aliphatic heterocycles. The molecule has 0 aliphatic carbocycles. The van der Waals surface area contributed by atoms with Crippen molar-refractivity contribution < 1.29 is 18.7 Å². The van der Waals surface area contributed by atoms with Gasteiger partial charge in [0.05, 0.1) is 19.4 Å². The van der Waals surface area contributed by atoms with Gasteiger partial charge in [0.25, 0.3) is 0 Å². The molecule has 0 saturated heterocycles. The second-order valence-corrected chi connectivity index (χ2v) is 3.42. The van der Waals surface area contributed by atoms with E-state index in [-0.39, 0.29) is 12.0 Å². The van der Waals surface area contributed by atoms with Crippen molar-refractivity contribution >= 4 is 17.6 Å². The van der Waals surface area contributed by atoms with E-state index in [0.29, 0.717) is 18.2 Å². The van der Waals surface area contributed by atoms with Gasteiger partial charge in [0, 0.05) is 6.07 Å². The summed E-state index contributed by atoms with van der Waals surface area (Å²) in [5, 5.41) is 0. The molecule has 16 heavy (non-hydrogen) atoms. The van der Waals surface area contributed by atoms with Crippen LogP contribution in [-0.4, -0.2) is 25.6 Å². The fourth-order valence-corrected chi connectivity index (χ4v) is 1.22. The van der Waals surface area contributed by atoms with Crippen molar-refractivity contribution in [1.82, 2.24) is 0 Å². The van der Waals surface area contributed by atoms with Gasteiger partial charge in [-0.05, 0) is 11.6 Å². The van der Waals surface area contributed by atoms with Gasteiger partial charge in [-0.25, -0.2) is 4.39 Å². The molecule has 88 valence electrons. The molecular formula is C11H12ClFO3. The first-order valence-electron chi connectivity index (χ1n) is 4.71. The Labute approximate surface area is 98.1 Å². The Morgan fingerprint density at radius 1 is 1.50 bits per heavy atom. The van der Waals surface area contributed by atoms with Crippen LogP contribution in [0.2, 0.25) is 0 Å². The third-order valence-electron chi connectivity index (χ3n) is 1.93. The summed E-state index contributed by atoms with van der Waals surface area (Å²) in [5.41, 5.74) is 0.282. The molecule has 0 fully saturated rings. The molecule has 0 saturated carbocycles. The topological polar surface area (TPSA) is 35.5 Å². The second-order valence-electron chi connectivity index (χ2n) is 3.04. The third-order valence-corrected chi connectivity index (χ3v) is 2.09. The van der Waals surface area contributed by atoms with Crippen LogP contribution in [0, 0.1) is 5.82 Å². The average Bonchev–Trinajstić information content (AvgIpc) is 2.29. The second kappa shape index (κ2) is 6.33. The summed E-state index contributed by atoms with van der Waals surface area (Å²) in [6.07, 6.45) is -0.0852. The Balaban J connectivity index is 2.71. The Morgan fingerprint density at radius 3 is 2.81 bits per heavy atom. The minimum absolute atomic E-state index is 0.0852. The minimum Gasteiger partial charge on any atom is -0.492 e. The molecular weight excluding hydrogens is 235 g/mol. The summed E-state index contributed by atoms with van der Waals surface area (Å²) in [6, 6.07) is 4.31. The molecule has 3 nitrogen and oxygen atoms in total. The molecule has 5 heteroatoms. The van der Waals surface area contributed by atoms with E-state index in [2.05, 4.69) is 4.74 Å². The molecule has 0 unspecified atom stereocenters. The van der Waals surface area contributed by atoms with Gasteiger partial charge in [0.2, 0.25) is 0 Å². The molecule has 0 aromatic heterocycles. The number of esters is 1. The van der Waals surface area contributed by atoms with E-state index in [0.717, 1.165) is 0 Å². The van der Waals surface area contributed by atoms with Gasteiger partial charge in [-0.15, -0.1) is 11.6 Å². The van der Waals surface area contributed by atoms with Gasteiger partial charge in [0.1, 0.15) is 18.2 Å². The van der Waals surface area contributed by atoms with E-state index in [1.54, 1.807) is 6.07 Å². The number of carbonyl (C=O) groups is 1. The van der Waals surface area contributed by atoms with Crippen LogP contribution < -0.4 is 4.74 Å². The molecule has 0 N–H and O–H groups in total. The molecule has 0 spiro atoms. The lowest BCUT2D eigenvalue weighted by Crippen LogP contribution is -2.06. The van der Waals surface area contributed by atoms with Crippen molar-refractivity contribution in [2.75, 3.05) is 19.6 Å². The van der Waals surface area contributed by atoms with Crippen LogP contribution in [0.15, 0.2) is 18.2 Å². The van der Waals surface area contributed by atoms with Crippen LogP contribution in [0.5, 0.6) is 5.75 Å². The smallest absolute Gasteiger partial charge is 0.310 e. The Hall–Kier alpha value is -1.29. The summed E-state index contributed by atoms with van der Waals surface area (Å²) in [7, 11) is 1.26. The predicted octanol–water partition coefficient (Wildman–Crippen LogP) is 2.16. The van der Waals surface area contributed by atoms with Crippen molar-refractivity contribution in [1.29, 1.82) is 0 Å². The van der Waals surface area contributed by atoms with Crippen molar-refractivity contribution in [2.24, 2.45) is 0 Å². The SMILES string of the molecule is COC(=O)Cc1ccc(OCCCl)cc1F. The number of methoxy groups -OCH3 is 1. The first-order chi connectivity index (χ1) is 7.67. The lowest BCUT2D eigenvalue weighted by atomic mass is 10.1. The molecule has 0 atom stereocenters. The average molecular weight is 247 g/mol. The van der Waals surface area contributed by atoms with Crippen LogP contribution in [-0.2, 0) is 16.0 Å². The first-order valence-corrected chi connectivity index (χ1v) is 5.25. The molecule has 1 aromatic rings. The van der Waals surface area contributed by atoms with E-state index < -0.39 is 11.8 Å². The number of carbonyl (C=O) groups excluding carboxylic acids is 1. The lowest BCUT2D eigenvalue weighted by Gasteiger charge is -2.06. The molecule has 0 aliphatic rings.